The Kier molecular flexibility index (Phi) is 2.57. The van der Waals surface area contributed by atoms with Crippen LogP contribution in [0.25, 0.3) is 10.1 Å². The van der Waals surface area contributed by atoms with Gasteiger partial charge in [0.1, 0.15) is 0 Å². The monoisotopic (exact) mass is 205 g/mol. The predicted molar refractivity (Wildman–Crippen MR) is 63.8 cm³/mol. The van der Waals surface area contributed by atoms with Crippen LogP contribution in [0.2, 0.25) is 0 Å². The third-order valence-corrected chi connectivity index (χ3v) is 3.80. The first kappa shape index (κ1) is 9.69. The van der Waals surface area contributed by atoms with Gasteiger partial charge in [-0.3, -0.25) is 0 Å². The van der Waals surface area contributed by atoms with Crippen LogP contribution >= 0.6 is 11.3 Å². The Labute approximate surface area is 88.6 Å². The Morgan fingerprint density at radius 1 is 1.36 bits per heavy atom. The second kappa shape index (κ2) is 3.71. The van der Waals surface area contributed by atoms with Crippen LogP contribution in [0.3, 0.4) is 0 Å². The topological polar surface area (TPSA) is 26.0 Å². The molecule has 0 aliphatic heterocycles. The molecule has 0 saturated heterocycles. The van der Waals surface area contributed by atoms with Crippen LogP contribution in [0, 0.1) is 6.92 Å². The lowest BCUT2D eigenvalue weighted by atomic mass is 10.1. The van der Waals surface area contributed by atoms with Gasteiger partial charge in [-0.05, 0) is 30.4 Å². The zero-order valence-electron chi connectivity index (χ0n) is 8.63. The standard InChI is InChI=1S/C12H15NS/c1-3-9-10-6-8(2)4-5-11(10)14-12(9)7-13/h4-6H,3,7,13H2,1-2H3. The second-order valence-corrected chi connectivity index (χ2v) is 4.70. The van der Waals surface area contributed by atoms with Crippen molar-refractivity contribution in [3.8, 4) is 0 Å². The Bertz CT molecular complexity index is 457. The predicted octanol–water partition coefficient (Wildman–Crippen LogP) is 3.23. The highest BCUT2D eigenvalue weighted by Crippen LogP contribution is 2.32. The average molecular weight is 205 g/mol. The van der Waals surface area contributed by atoms with Crippen LogP contribution in [0.1, 0.15) is 22.9 Å². The minimum absolute atomic E-state index is 0.668. The van der Waals surface area contributed by atoms with Gasteiger partial charge in [0.05, 0.1) is 0 Å². The molecule has 0 atom stereocenters. The van der Waals surface area contributed by atoms with Crippen molar-refractivity contribution in [2.45, 2.75) is 26.8 Å². The molecular weight excluding hydrogens is 190 g/mol. The zero-order chi connectivity index (χ0) is 10.1. The van der Waals surface area contributed by atoms with Gasteiger partial charge in [0.15, 0.2) is 0 Å². The molecule has 2 N–H and O–H groups in total. The summed E-state index contributed by atoms with van der Waals surface area (Å²) in [5, 5.41) is 1.40. The molecule has 0 radical (unpaired) electrons. The number of benzene rings is 1. The summed E-state index contributed by atoms with van der Waals surface area (Å²) in [5.41, 5.74) is 8.51. The number of aryl methyl sites for hydroxylation is 2. The van der Waals surface area contributed by atoms with Crippen molar-refractivity contribution in [1.82, 2.24) is 0 Å². The first-order valence-electron chi connectivity index (χ1n) is 4.97. The largest absolute Gasteiger partial charge is 0.326 e. The van der Waals surface area contributed by atoms with Crippen LogP contribution in [0.4, 0.5) is 0 Å². The highest BCUT2D eigenvalue weighted by atomic mass is 32.1. The van der Waals surface area contributed by atoms with E-state index in [-0.39, 0.29) is 0 Å². The molecule has 2 rings (SSSR count). The van der Waals surface area contributed by atoms with Gasteiger partial charge >= 0.3 is 0 Å². The van der Waals surface area contributed by atoms with E-state index in [0.717, 1.165) is 6.42 Å². The van der Waals surface area contributed by atoms with Crippen molar-refractivity contribution >= 4 is 21.4 Å². The molecular formula is C12H15NS. The van der Waals surface area contributed by atoms with Gasteiger partial charge in [-0.1, -0.05) is 24.6 Å². The lowest BCUT2D eigenvalue weighted by molar-refractivity contribution is 1.05. The Morgan fingerprint density at radius 3 is 2.79 bits per heavy atom. The molecule has 0 bridgehead atoms. The molecule has 1 aromatic heterocycles. The lowest BCUT2D eigenvalue weighted by Crippen LogP contribution is -1.96. The molecule has 0 amide bonds. The van der Waals surface area contributed by atoms with E-state index in [0.29, 0.717) is 6.54 Å². The van der Waals surface area contributed by atoms with Crippen LogP contribution in [-0.4, -0.2) is 0 Å². The number of fused-ring (bicyclic) bond motifs is 1. The SMILES string of the molecule is CCc1c(CN)sc2ccc(C)cc12. The van der Waals surface area contributed by atoms with Gasteiger partial charge in [0.25, 0.3) is 0 Å². The van der Waals surface area contributed by atoms with Gasteiger partial charge in [0.2, 0.25) is 0 Å². The van der Waals surface area contributed by atoms with E-state index in [9.17, 15) is 0 Å². The molecule has 0 fully saturated rings. The van der Waals surface area contributed by atoms with E-state index in [4.69, 9.17) is 5.73 Å². The van der Waals surface area contributed by atoms with E-state index in [2.05, 4.69) is 32.0 Å². The van der Waals surface area contributed by atoms with Gasteiger partial charge in [0, 0.05) is 16.1 Å². The van der Waals surface area contributed by atoms with Gasteiger partial charge in [-0.2, -0.15) is 0 Å². The summed E-state index contributed by atoms with van der Waals surface area (Å²) in [4.78, 5) is 1.34. The number of hydrogen-bond donors (Lipinski definition) is 1. The van der Waals surface area contributed by atoms with Crippen LogP contribution in [0.5, 0.6) is 0 Å². The maximum Gasteiger partial charge on any atom is 0.0349 e. The minimum Gasteiger partial charge on any atom is -0.326 e. The number of hydrogen-bond acceptors (Lipinski definition) is 2. The molecule has 0 aliphatic rings. The fourth-order valence-corrected chi connectivity index (χ4v) is 3.02. The van der Waals surface area contributed by atoms with Crippen molar-refractivity contribution < 1.29 is 0 Å². The summed E-state index contributed by atoms with van der Waals surface area (Å²) in [6.45, 7) is 5.00. The molecule has 0 spiro atoms. The molecule has 1 aromatic carbocycles. The molecule has 2 aromatic rings. The summed E-state index contributed by atoms with van der Waals surface area (Å²) in [5.74, 6) is 0. The lowest BCUT2D eigenvalue weighted by Gasteiger charge is -1.98. The molecule has 1 nitrogen and oxygen atoms in total. The number of thiophene rings is 1. The number of nitrogens with two attached hydrogens (primary N) is 1. The summed E-state index contributed by atoms with van der Waals surface area (Å²) in [6.07, 6.45) is 1.08. The fraction of sp³-hybridized carbons (Fsp3) is 0.333. The van der Waals surface area contributed by atoms with Gasteiger partial charge in [-0.15, -0.1) is 11.3 Å². The Hall–Kier alpha value is -0.860. The van der Waals surface area contributed by atoms with Crippen molar-refractivity contribution in [3.05, 3.63) is 34.2 Å². The summed E-state index contributed by atoms with van der Waals surface area (Å²) < 4.78 is 1.37. The van der Waals surface area contributed by atoms with E-state index in [1.54, 1.807) is 0 Å². The Morgan fingerprint density at radius 2 is 2.14 bits per heavy atom. The molecule has 0 aliphatic carbocycles. The molecule has 2 heteroatoms. The van der Waals surface area contributed by atoms with Crippen molar-refractivity contribution in [3.63, 3.8) is 0 Å². The van der Waals surface area contributed by atoms with Gasteiger partial charge < -0.3 is 5.73 Å². The van der Waals surface area contributed by atoms with E-state index in [1.807, 2.05) is 11.3 Å². The molecule has 1 heterocycles. The zero-order valence-corrected chi connectivity index (χ0v) is 9.45. The minimum atomic E-state index is 0.668. The molecule has 0 saturated carbocycles. The Balaban J connectivity index is 2.74. The molecule has 0 unspecified atom stereocenters. The average Bonchev–Trinajstić information content (AvgIpc) is 2.54. The van der Waals surface area contributed by atoms with E-state index in [1.165, 1.54) is 26.1 Å². The second-order valence-electron chi connectivity index (χ2n) is 3.56. The molecule has 14 heavy (non-hydrogen) atoms. The van der Waals surface area contributed by atoms with Gasteiger partial charge in [-0.25, -0.2) is 0 Å². The summed E-state index contributed by atoms with van der Waals surface area (Å²) >= 11 is 1.83. The quantitative estimate of drug-likeness (QED) is 0.800. The van der Waals surface area contributed by atoms with Crippen LogP contribution in [-0.2, 0) is 13.0 Å². The third kappa shape index (κ3) is 1.45. The van der Waals surface area contributed by atoms with Crippen molar-refractivity contribution in [2.75, 3.05) is 0 Å². The highest BCUT2D eigenvalue weighted by molar-refractivity contribution is 7.19. The summed E-state index contributed by atoms with van der Waals surface area (Å²) in [6, 6.07) is 6.63. The normalized spacial score (nSPS) is 11.1. The maximum absolute atomic E-state index is 5.74. The molecule has 74 valence electrons. The van der Waals surface area contributed by atoms with E-state index >= 15 is 0 Å². The van der Waals surface area contributed by atoms with Crippen molar-refractivity contribution in [2.24, 2.45) is 5.73 Å². The van der Waals surface area contributed by atoms with E-state index < -0.39 is 0 Å². The first-order chi connectivity index (χ1) is 6.76. The smallest absolute Gasteiger partial charge is 0.0349 e. The summed E-state index contributed by atoms with van der Waals surface area (Å²) in [7, 11) is 0. The van der Waals surface area contributed by atoms with Crippen molar-refractivity contribution in [1.29, 1.82) is 0 Å². The third-order valence-electron chi connectivity index (χ3n) is 2.57. The maximum atomic E-state index is 5.74. The number of rotatable bonds is 2. The first-order valence-corrected chi connectivity index (χ1v) is 5.79. The highest BCUT2D eigenvalue weighted by Gasteiger charge is 2.08. The van der Waals surface area contributed by atoms with Crippen LogP contribution < -0.4 is 5.73 Å². The van der Waals surface area contributed by atoms with Crippen LogP contribution in [0.15, 0.2) is 18.2 Å². The fourth-order valence-electron chi connectivity index (χ4n) is 1.87.